The van der Waals surface area contributed by atoms with Crippen LogP contribution in [0.1, 0.15) is 18.2 Å². The SMILES string of the molecule is CCCc1c[c]cs1. The lowest BCUT2D eigenvalue weighted by atomic mass is 10.3. The minimum atomic E-state index is 1.22. The van der Waals surface area contributed by atoms with Gasteiger partial charge < -0.3 is 0 Å². The molecular weight excluding hydrogens is 116 g/mol. The molecule has 0 aromatic carbocycles. The molecule has 8 heavy (non-hydrogen) atoms. The summed E-state index contributed by atoms with van der Waals surface area (Å²) in [5.41, 5.74) is 0. The van der Waals surface area contributed by atoms with Gasteiger partial charge in [0.15, 0.2) is 0 Å². The minimum absolute atomic E-state index is 1.22. The van der Waals surface area contributed by atoms with Crippen LogP contribution >= 0.6 is 11.3 Å². The minimum Gasteiger partial charge on any atom is -0.148 e. The standard InChI is InChI=1S/C7H9S/c1-2-4-7-5-3-6-8-7/h5-6H,2,4H2,1H3. The van der Waals surface area contributed by atoms with E-state index < -0.39 is 0 Å². The number of hydrogen-bond acceptors (Lipinski definition) is 1. The van der Waals surface area contributed by atoms with Gasteiger partial charge in [-0.3, -0.25) is 0 Å². The van der Waals surface area contributed by atoms with Crippen LogP contribution in [0.5, 0.6) is 0 Å². The molecule has 0 saturated heterocycles. The number of aryl methyl sites for hydroxylation is 1. The Labute approximate surface area is 54.2 Å². The molecular formula is C7H9S. The first-order valence-electron chi connectivity index (χ1n) is 2.87. The van der Waals surface area contributed by atoms with Gasteiger partial charge in [-0.25, -0.2) is 0 Å². The van der Waals surface area contributed by atoms with Gasteiger partial charge in [-0.1, -0.05) is 13.3 Å². The lowest BCUT2D eigenvalue weighted by Gasteiger charge is -1.85. The van der Waals surface area contributed by atoms with Crippen molar-refractivity contribution in [2.24, 2.45) is 0 Å². The highest BCUT2D eigenvalue weighted by Gasteiger charge is 1.87. The van der Waals surface area contributed by atoms with Crippen LogP contribution in [-0.2, 0) is 6.42 Å². The zero-order valence-electron chi connectivity index (χ0n) is 4.98. The maximum atomic E-state index is 3.03. The molecule has 0 fully saturated rings. The topological polar surface area (TPSA) is 0 Å². The van der Waals surface area contributed by atoms with Crippen LogP contribution in [0.25, 0.3) is 0 Å². The zero-order valence-corrected chi connectivity index (χ0v) is 5.79. The molecule has 1 radical (unpaired) electrons. The number of thiophene rings is 1. The zero-order chi connectivity index (χ0) is 5.82. The molecule has 0 N–H and O–H groups in total. The molecule has 0 aliphatic heterocycles. The maximum Gasteiger partial charge on any atom is 0.00515 e. The normalized spacial score (nSPS) is 9.62. The third kappa shape index (κ3) is 1.34. The van der Waals surface area contributed by atoms with E-state index >= 15 is 0 Å². The third-order valence-corrected chi connectivity index (χ3v) is 1.90. The van der Waals surface area contributed by atoms with E-state index in [-0.39, 0.29) is 0 Å². The van der Waals surface area contributed by atoms with Crippen molar-refractivity contribution in [2.75, 3.05) is 0 Å². The van der Waals surface area contributed by atoms with Crippen molar-refractivity contribution in [2.45, 2.75) is 19.8 Å². The largest absolute Gasteiger partial charge is 0.148 e. The highest BCUT2D eigenvalue weighted by atomic mass is 32.1. The molecule has 0 saturated carbocycles. The summed E-state index contributed by atoms with van der Waals surface area (Å²) in [4.78, 5) is 1.45. The van der Waals surface area contributed by atoms with E-state index in [0.29, 0.717) is 0 Å². The van der Waals surface area contributed by atoms with Gasteiger partial charge in [-0.2, -0.15) is 0 Å². The lowest BCUT2D eigenvalue weighted by molar-refractivity contribution is 0.940. The predicted octanol–water partition coefficient (Wildman–Crippen LogP) is 2.50. The van der Waals surface area contributed by atoms with E-state index in [0.717, 1.165) is 0 Å². The highest BCUT2D eigenvalue weighted by molar-refractivity contribution is 7.09. The Balaban J connectivity index is 2.50. The molecule has 43 valence electrons. The van der Waals surface area contributed by atoms with Crippen molar-refractivity contribution >= 4 is 11.3 Å². The predicted molar refractivity (Wildman–Crippen MR) is 37.2 cm³/mol. The summed E-state index contributed by atoms with van der Waals surface area (Å²) in [5, 5.41) is 2.00. The number of hydrogen-bond donors (Lipinski definition) is 0. The summed E-state index contributed by atoms with van der Waals surface area (Å²) >= 11 is 1.79. The van der Waals surface area contributed by atoms with Gasteiger partial charge in [-0.15, -0.1) is 11.3 Å². The summed E-state index contributed by atoms with van der Waals surface area (Å²) in [5.74, 6) is 0. The van der Waals surface area contributed by atoms with Crippen molar-refractivity contribution in [1.29, 1.82) is 0 Å². The van der Waals surface area contributed by atoms with Gasteiger partial charge in [0.1, 0.15) is 0 Å². The Bertz CT molecular complexity index is 130. The second-order valence-corrected chi connectivity index (χ2v) is 2.76. The molecule has 1 heteroatoms. The van der Waals surface area contributed by atoms with Gasteiger partial charge >= 0.3 is 0 Å². The average molecular weight is 125 g/mol. The van der Waals surface area contributed by atoms with Crippen molar-refractivity contribution in [1.82, 2.24) is 0 Å². The average Bonchev–Trinajstić information content (AvgIpc) is 2.19. The summed E-state index contributed by atoms with van der Waals surface area (Å²) in [6.07, 6.45) is 2.46. The summed E-state index contributed by atoms with van der Waals surface area (Å²) < 4.78 is 0. The summed E-state index contributed by atoms with van der Waals surface area (Å²) in [6, 6.07) is 5.10. The van der Waals surface area contributed by atoms with E-state index in [1.807, 2.05) is 5.38 Å². The Hall–Kier alpha value is -0.300. The molecule has 0 aliphatic rings. The van der Waals surface area contributed by atoms with E-state index in [1.54, 1.807) is 11.3 Å². The first-order chi connectivity index (χ1) is 3.93. The first-order valence-corrected chi connectivity index (χ1v) is 3.75. The fourth-order valence-corrected chi connectivity index (χ4v) is 1.39. The molecule has 0 spiro atoms. The lowest BCUT2D eigenvalue weighted by Crippen LogP contribution is -1.71. The van der Waals surface area contributed by atoms with Crippen LogP contribution in [-0.4, -0.2) is 0 Å². The monoisotopic (exact) mass is 125 g/mol. The number of rotatable bonds is 2. The third-order valence-electron chi connectivity index (χ3n) is 1.02. The van der Waals surface area contributed by atoms with E-state index in [1.165, 1.54) is 17.7 Å². The molecule has 1 rings (SSSR count). The molecule has 0 atom stereocenters. The van der Waals surface area contributed by atoms with Gasteiger partial charge in [0, 0.05) is 4.88 Å². The molecule has 1 aromatic rings. The van der Waals surface area contributed by atoms with E-state index in [2.05, 4.69) is 19.1 Å². The Kier molecular flexibility index (Phi) is 2.10. The van der Waals surface area contributed by atoms with Gasteiger partial charge in [0.2, 0.25) is 0 Å². The molecule has 0 amide bonds. The highest BCUT2D eigenvalue weighted by Crippen LogP contribution is 2.09. The first kappa shape index (κ1) is 5.83. The molecule has 0 aliphatic carbocycles. The van der Waals surface area contributed by atoms with Crippen LogP contribution in [0.4, 0.5) is 0 Å². The van der Waals surface area contributed by atoms with Crippen molar-refractivity contribution in [3.63, 3.8) is 0 Å². The molecule has 0 nitrogen and oxygen atoms in total. The van der Waals surface area contributed by atoms with Crippen LogP contribution in [0.2, 0.25) is 0 Å². The fourth-order valence-electron chi connectivity index (χ4n) is 0.648. The maximum absolute atomic E-state index is 3.03. The van der Waals surface area contributed by atoms with Crippen LogP contribution < -0.4 is 0 Å². The summed E-state index contributed by atoms with van der Waals surface area (Å²) in [7, 11) is 0. The second-order valence-electron chi connectivity index (χ2n) is 1.76. The van der Waals surface area contributed by atoms with Crippen LogP contribution in [0.3, 0.4) is 0 Å². The second kappa shape index (κ2) is 2.88. The van der Waals surface area contributed by atoms with Crippen molar-refractivity contribution in [3.05, 3.63) is 22.4 Å². The van der Waals surface area contributed by atoms with Crippen molar-refractivity contribution < 1.29 is 0 Å². The Morgan fingerprint density at radius 1 is 1.75 bits per heavy atom. The quantitative estimate of drug-likeness (QED) is 0.569. The molecule has 1 aromatic heterocycles. The summed E-state index contributed by atoms with van der Waals surface area (Å²) in [6.45, 7) is 2.19. The molecule has 0 unspecified atom stereocenters. The van der Waals surface area contributed by atoms with Gasteiger partial charge in [0.25, 0.3) is 0 Å². The molecule has 0 bridgehead atoms. The van der Waals surface area contributed by atoms with Crippen LogP contribution in [0, 0.1) is 6.07 Å². The van der Waals surface area contributed by atoms with E-state index in [4.69, 9.17) is 0 Å². The Morgan fingerprint density at radius 3 is 3.12 bits per heavy atom. The smallest absolute Gasteiger partial charge is 0.00515 e. The van der Waals surface area contributed by atoms with Gasteiger partial charge in [-0.05, 0) is 23.9 Å². The van der Waals surface area contributed by atoms with Crippen molar-refractivity contribution in [3.8, 4) is 0 Å². The van der Waals surface area contributed by atoms with Crippen LogP contribution in [0.15, 0.2) is 11.4 Å². The molecule has 1 heterocycles. The van der Waals surface area contributed by atoms with E-state index in [9.17, 15) is 0 Å². The fraction of sp³-hybridized carbons (Fsp3) is 0.429. The Morgan fingerprint density at radius 2 is 2.62 bits per heavy atom. The van der Waals surface area contributed by atoms with Gasteiger partial charge in [0.05, 0.1) is 0 Å².